The van der Waals surface area contributed by atoms with Crippen molar-refractivity contribution in [1.29, 1.82) is 0 Å². The van der Waals surface area contributed by atoms with E-state index >= 15 is 0 Å². The molecular formula is C9H17O4P. The molecule has 0 aliphatic carbocycles. The summed E-state index contributed by atoms with van der Waals surface area (Å²) in [4.78, 5) is 10.8. The maximum absolute atomic E-state index is 12.0. The molecule has 0 N–H and O–H groups in total. The van der Waals surface area contributed by atoms with Gasteiger partial charge in [-0.1, -0.05) is 0 Å². The summed E-state index contributed by atoms with van der Waals surface area (Å²) in [5.74, 6) is -0.165. The molecule has 0 atom stereocenters. The van der Waals surface area contributed by atoms with Crippen molar-refractivity contribution in [2.45, 2.75) is 27.7 Å². The topological polar surface area (TPSA) is 52.6 Å². The Hall–Kier alpha value is -0.440. The first kappa shape index (κ1) is 13.6. The average Bonchev–Trinajstić information content (AvgIpc) is 2.03. The summed E-state index contributed by atoms with van der Waals surface area (Å²) >= 11 is 0. The average molecular weight is 220 g/mol. The van der Waals surface area contributed by atoms with Crippen LogP contribution in [0.25, 0.3) is 0 Å². The van der Waals surface area contributed by atoms with E-state index in [4.69, 9.17) is 9.05 Å². The number of carbonyl (C=O) groups is 1. The Bertz CT molecular complexity index is 260. The number of allylic oxidation sites excluding steroid dienone is 2. The zero-order chi connectivity index (χ0) is 11.2. The van der Waals surface area contributed by atoms with Crippen LogP contribution in [0.2, 0.25) is 0 Å². The zero-order valence-corrected chi connectivity index (χ0v) is 9.97. The van der Waals surface area contributed by atoms with Crippen LogP contribution >= 0.6 is 7.60 Å². The van der Waals surface area contributed by atoms with Gasteiger partial charge in [0, 0.05) is 5.31 Å². The van der Waals surface area contributed by atoms with Crippen LogP contribution in [0.3, 0.4) is 0 Å². The first-order valence-corrected chi connectivity index (χ1v) is 6.09. The molecule has 14 heavy (non-hydrogen) atoms. The van der Waals surface area contributed by atoms with Crippen LogP contribution in [0.4, 0.5) is 0 Å². The largest absolute Gasteiger partial charge is 0.357 e. The van der Waals surface area contributed by atoms with E-state index in [9.17, 15) is 9.36 Å². The van der Waals surface area contributed by atoms with E-state index in [1.165, 1.54) is 13.0 Å². The molecule has 0 radical (unpaired) electrons. The van der Waals surface area contributed by atoms with Crippen LogP contribution in [-0.2, 0) is 18.4 Å². The Labute approximate surface area is 84.8 Å². The van der Waals surface area contributed by atoms with Crippen LogP contribution in [0.5, 0.6) is 0 Å². The zero-order valence-electron chi connectivity index (χ0n) is 9.07. The molecule has 0 saturated heterocycles. The summed E-state index contributed by atoms with van der Waals surface area (Å²) < 4.78 is 22.1. The van der Waals surface area contributed by atoms with Crippen LogP contribution in [0.1, 0.15) is 27.7 Å². The van der Waals surface area contributed by atoms with Crippen molar-refractivity contribution in [2.75, 3.05) is 13.2 Å². The van der Waals surface area contributed by atoms with E-state index < -0.39 is 7.60 Å². The summed E-state index contributed by atoms with van der Waals surface area (Å²) in [6.07, 6.45) is 1.28. The van der Waals surface area contributed by atoms with Crippen LogP contribution < -0.4 is 0 Å². The predicted molar refractivity (Wildman–Crippen MR) is 55.3 cm³/mol. The summed E-state index contributed by atoms with van der Waals surface area (Å²) in [5.41, 5.74) is 0. The van der Waals surface area contributed by atoms with E-state index in [-0.39, 0.29) is 5.78 Å². The molecule has 0 spiro atoms. The summed E-state index contributed by atoms with van der Waals surface area (Å²) in [5, 5.41) is 0.355. The van der Waals surface area contributed by atoms with Crippen molar-refractivity contribution < 1.29 is 18.4 Å². The molecule has 0 amide bonds. The second-order valence-corrected chi connectivity index (χ2v) is 4.95. The molecule has 0 aliphatic heterocycles. The normalized spacial score (nSPS) is 13.0. The van der Waals surface area contributed by atoms with Crippen molar-refractivity contribution in [3.8, 4) is 0 Å². The number of ketones is 1. The number of hydrogen-bond donors (Lipinski definition) is 0. The minimum Gasteiger partial charge on any atom is -0.306 e. The van der Waals surface area contributed by atoms with Gasteiger partial charge in [0.2, 0.25) is 0 Å². The molecule has 5 heteroatoms. The van der Waals surface area contributed by atoms with Gasteiger partial charge in [0.05, 0.1) is 13.2 Å². The highest BCUT2D eigenvalue weighted by molar-refractivity contribution is 7.58. The van der Waals surface area contributed by atoms with Gasteiger partial charge in [0.25, 0.3) is 0 Å². The molecule has 0 aliphatic rings. The first-order chi connectivity index (χ1) is 6.46. The van der Waals surface area contributed by atoms with Gasteiger partial charge in [-0.25, -0.2) is 0 Å². The van der Waals surface area contributed by atoms with Gasteiger partial charge in [-0.3, -0.25) is 9.36 Å². The highest BCUT2D eigenvalue weighted by Gasteiger charge is 2.26. The van der Waals surface area contributed by atoms with Gasteiger partial charge in [-0.05, 0) is 33.8 Å². The Morgan fingerprint density at radius 3 is 1.93 bits per heavy atom. The van der Waals surface area contributed by atoms with Gasteiger partial charge in [-0.15, -0.1) is 0 Å². The third kappa shape index (κ3) is 4.18. The van der Waals surface area contributed by atoms with Gasteiger partial charge < -0.3 is 9.05 Å². The summed E-state index contributed by atoms with van der Waals surface area (Å²) in [6.45, 7) is 7.01. The Balaban J connectivity index is 4.81. The molecule has 82 valence electrons. The van der Waals surface area contributed by atoms with Crippen molar-refractivity contribution in [1.82, 2.24) is 0 Å². The lowest BCUT2D eigenvalue weighted by atomic mass is 10.4. The molecule has 0 fully saturated rings. The lowest BCUT2D eigenvalue weighted by molar-refractivity contribution is -0.112. The molecule has 0 heterocycles. The van der Waals surface area contributed by atoms with Crippen molar-refractivity contribution in [3.05, 3.63) is 11.4 Å². The molecule has 0 bridgehead atoms. The van der Waals surface area contributed by atoms with E-state index in [2.05, 4.69) is 0 Å². The van der Waals surface area contributed by atoms with Crippen LogP contribution in [0.15, 0.2) is 11.4 Å². The molecule has 0 aromatic rings. The maximum atomic E-state index is 12.0. The fourth-order valence-electron chi connectivity index (χ4n) is 0.954. The van der Waals surface area contributed by atoms with E-state index in [0.717, 1.165) is 0 Å². The van der Waals surface area contributed by atoms with E-state index in [1.807, 2.05) is 0 Å². The molecule has 0 unspecified atom stereocenters. The Kier molecular flexibility index (Phi) is 5.93. The number of rotatable bonds is 6. The molecule has 0 aromatic carbocycles. The third-order valence-electron chi connectivity index (χ3n) is 1.44. The smallest absolute Gasteiger partial charge is 0.306 e. The monoisotopic (exact) mass is 220 g/mol. The standard InChI is InChI=1S/C9H17O4P/c1-5-12-14(11,13-6-2)9(4)7-8(3)10/h7H,5-6H2,1-4H3/b9-7+. The van der Waals surface area contributed by atoms with Crippen LogP contribution in [0, 0.1) is 0 Å². The predicted octanol–water partition coefficient (Wildman–Crippen LogP) is 2.75. The lowest BCUT2D eigenvalue weighted by Gasteiger charge is -2.16. The Morgan fingerprint density at radius 2 is 1.64 bits per heavy atom. The third-order valence-corrected chi connectivity index (χ3v) is 3.63. The molecule has 0 aromatic heterocycles. The molecule has 0 rings (SSSR count). The van der Waals surface area contributed by atoms with E-state index in [0.29, 0.717) is 18.5 Å². The Morgan fingerprint density at radius 1 is 1.21 bits per heavy atom. The molecular weight excluding hydrogens is 203 g/mol. The summed E-state index contributed by atoms with van der Waals surface area (Å²) in [7, 11) is -3.22. The highest BCUT2D eigenvalue weighted by atomic mass is 31.2. The van der Waals surface area contributed by atoms with E-state index in [1.54, 1.807) is 20.8 Å². The van der Waals surface area contributed by atoms with Gasteiger partial charge >= 0.3 is 7.60 Å². The first-order valence-electron chi connectivity index (χ1n) is 4.54. The quantitative estimate of drug-likeness (QED) is 0.510. The van der Waals surface area contributed by atoms with Crippen molar-refractivity contribution in [3.63, 3.8) is 0 Å². The minimum absolute atomic E-state index is 0.165. The van der Waals surface area contributed by atoms with Crippen LogP contribution in [-0.4, -0.2) is 19.0 Å². The second kappa shape index (κ2) is 6.12. The fourth-order valence-corrected chi connectivity index (χ4v) is 2.46. The summed E-state index contributed by atoms with van der Waals surface area (Å²) in [6, 6.07) is 0. The second-order valence-electron chi connectivity index (χ2n) is 2.73. The van der Waals surface area contributed by atoms with Crippen molar-refractivity contribution >= 4 is 13.4 Å². The fraction of sp³-hybridized carbons (Fsp3) is 0.667. The van der Waals surface area contributed by atoms with Gasteiger partial charge in [0.15, 0.2) is 5.78 Å². The molecule has 0 saturated carbocycles. The van der Waals surface area contributed by atoms with Gasteiger partial charge in [-0.2, -0.15) is 0 Å². The number of hydrogen-bond acceptors (Lipinski definition) is 4. The SMILES string of the molecule is CCOP(=O)(OCC)/C(C)=C/C(C)=O. The maximum Gasteiger partial charge on any atom is 0.357 e. The van der Waals surface area contributed by atoms with Crippen molar-refractivity contribution in [2.24, 2.45) is 0 Å². The number of carbonyl (C=O) groups excluding carboxylic acids is 1. The highest BCUT2D eigenvalue weighted by Crippen LogP contribution is 2.55. The van der Waals surface area contributed by atoms with Gasteiger partial charge in [0.1, 0.15) is 0 Å². The minimum atomic E-state index is -3.22. The lowest BCUT2D eigenvalue weighted by Crippen LogP contribution is -1.98. The molecule has 4 nitrogen and oxygen atoms in total.